The molecule has 0 fully saturated rings. The minimum atomic E-state index is -1.04. The molecule has 0 aliphatic carbocycles. The molecule has 1 aliphatic heterocycles. The van der Waals surface area contributed by atoms with Crippen molar-refractivity contribution in [2.24, 2.45) is 0 Å². The summed E-state index contributed by atoms with van der Waals surface area (Å²) in [6.07, 6.45) is -1.04. The number of ketones is 1. The maximum Gasteiger partial charge on any atom is 0.326 e. The highest BCUT2D eigenvalue weighted by molar-refractivity contribution is 6.52. The first-order chi connectivity index (χ1) is 12.9. The van der Waals surface area contributed by atoms with Crippen LogP contribution in [0.15, 0.2) is 54.6 Å². The Morgan fingerprint density at radius 1 is 1.04 bits per heavy atom. The van der Waals surface area contributed by atoms with E-state index >= 15 is 0 Å². The topological polar surface area (TPSA) is 84.0 Å². The SMILES string of the molecule is C[C@H](OC(=O)CN1C(=O)C(=O)c2ccccc21)C(=O)N(C)c1ccccc1. The molecule has 0 bridgehead atoms. The molecule has 1 atom stereocenters. The molecule has 0 unspecified atom stereocenters. The Bertz CT molecular complexity index is 910. The van der Waals surface area contributed by atoms with Gasteiger partial charge in [0.2, 0.25) is 0 Å². The monoisotopic (exact) mass is 366 g/mol. The Morgan fingerprint density at radius 3 is 2.37 bits per heavy atom. The van der Waals surface area contributed by atoms with Gasteiger partial charge in [-0.25, -0.2) is 0 Å². The van der Waals surface area contributed by atoms with Gasteiger partial charge in [0.25, 0.3) is 17.6 Å². The number of rotatable bonds is 5. The first kappa shape index (κ1) is 18.3. The molecular formula is C20H18N2O5. The molecule has 0 saturated carbocycles. The highest BCUT2D eigenvalue weighted by Gasteiger charge is 2.37. The molecule has 0 spiro atoms. The van der Waals surface area contributed by atoms with E-state index in [9.17, 15) is 19.2 Å². The van der Waals surface area contributed by atoms with Gasteiger partial charge < -0.3 is 9.64 Å². The number of para-hydroxylation sites is 2. The minimum absolute atomic E-state index is 0.253. The average molecular weight is 366 g/mol. The summed E-state index contributed by atoms with van der Waals surface area (Å²) in [5.41, 5.74) is 1.28. The van der Waals surface area contributed by atoms with E-state index < -0.39 is 36.2 Å². The van der Waals surface area contributed by atoms with Crippen LogP contribution in [0.4, 0.5) is 11.4 Å². The molecule has 0 N–H and O–H groups in total. The van der Waals surface area contributed by atoms with Crippen LogP contribution >= 0.6 is 0 Å². The van der Waals surface area contributed by atoms with Crippen LogP contribution in [0, 0.1) is 0 Å². The van der Waals surface area contributed by atoms with Crippen LogP contribution in [-0.2, 0) is 19.1 Å². The Labute approximate surface area is 156 Å². The largest absolute Gasteiger partial charge is 0.451 e. The van der Waals surface area contributed by atoms with Crippen LogP contribution in [0.2, 0.25) is 0 Å². The van der Waals surface area contributed by atoms with Crippen molar-refractivity contribution in [2.75, 3.05) is 23.4 Å². The van der Waals surface area contributed by atoms with Crippen LogP contribution in [0.1, 0.15) is 17.3 Å². The number of nitrogens with zero attached hydrogens (tertiary/aromatic N) is 2. The molecule has 0 aromatic heterocycles. The van der Waals surface area contributed by atoms with Crippen LogP contribution in [0.5, 0.6) is 0 Å². The van der Waals surface area contributed by atoms with Gasteiger partial charge in [-0.15, -0.1) is 0 Å². The minimum Gasteiger partial charge on any atom is -0.451 e. The van der Waals surface area contributed by atoms with E-state index in [-0.39, 0.29) is 5.56 Å². The van der Waals surface area contributed by atoms with Gasteiger partial charge in [0.15, 0.2) is 6.10 Å². The number of amides is 2. The lowest BCUT2D eigenvalue weighted by Crippen LogP contribution is -2.41. The van der Waals surface area contributed by atoms with E-state index in [0.29, 0.717) is 11.4 Å². The molecule has 0 saturated heterocycles. The van der Waals surface area contributed by atoms with Crippen molar-refractivity contribution in [1.29, 1.82) is 0 Å². The zero-order chi connectivity index (χ0) is 19.6. The second kappa shape index (κ2) is 7.41. The van der Waals surface area contributed by atoms with Crippen molar-refractivity contribution in [3.8, 4) is 0 Å². The van der Waals surface area contributed by atoms with Gasteiger partial charge in [-0.1, -0.05) is 30.3 Å². The number of benzene rings is 2. The molecule has 1 aliphatic rings. The molecule has 0 radical (unpaired) electrons. The highest BCUT2D eigenvalue weighted by Crippen LogP contribution is 2.28. The average Bonchev–Trinajstić information content (AvgIpc) is 2.92. The molecule has 3 rings (SSSR count). The number of anilines is 2. The molecule has 138 valence electrons. The zero-order valence-corrected chi connectivity index (χ0v) is 14.9. The van der Waals surface area contributed by atoms with E-state index in [1.807, 2.05) is 6.07 Å². The number of likely N-dealkylation sites (N-methyl/N-ethyl adjacent to an activating group) is 1. The van der Waals surface area contributed by atoms with Gasteiger partial charge in [-0.05, 0) is 31.2 Å². The molecule has 27 heavy (non-hydrogen) atoms. The lowest BCUT2D eigenvalue weighted by molar-refractivity contribution is -0.152. The maximum absolute atomic E-state index is 12.4. The Hall–Kier alpha value is -3.48. The van der Waals surface area contributed by atoms with Crippen molar-refractivity contribution < 1.29 is 23.9 Å². The van der Waals surface area contributed by atoms with Crippen molar-refractivity contribution >= 4 is 34.9 Å². The van der Waals surface area contributed by atoms with Crippen molar-refractivity contribution in [1.82, 2.24) is 0 Å². The van der Waals surface area contributed by atoms with Crippen LogP contribution in [-0.4, -0.2) is 43.3 Å². The summed E-state index contributed by atoms with van der Waals surface area (Å²) in [6.45, 7) is 1.03. The summed E-state index contributed by atoms with van der Waals surface area (Å²) < 4.78 is 5.18. The smallest absolute Gasteiger partial charge is 0.326 e. The van der Waals surface area contributed by atoms with Gasteiger partial charge in [0.05, 0.1) is 11.3 Å². The lowest BCUT2D eigenvalue weighted by atomic mass is 10.1. The van der Waals surface area contributed by atoms with Gasteiger partial charge >= 0.3 is 5.97 Å². The van der Waals surface area contributed by atoms with Gasteiger partial charge in [0.1, 0.15) is 6.54 Å². The predicted octanol–water partition coefficient (Wildman–Crippen LogP) is 1.81. The molecule has 2 aromatic carbocycles. The molecule has 1 heterocycles. The number of ether oxygens (including phenoxy) is 1. The number of carbonyl (C=O) groups excluding carboxylic acids is 4. The van der Waals surface area contributed by atoms with E-state index in [0.717, 1.165) is 4.90 Å². The fraction of sp³-hybridized carbons (Fsp3) is 0.200. The second-order valence-electron chi connectivity index (χ2n) is 6.10. The highest BCUT2D eigenvalue weighted by atomic mass is 16.5. The molecule has 2 amide bonds. The zero-order valence-electron chi connectivity index (χ0n) is 14.9. The lowest BCUT2D eigenvalue weighted by Gasteiger charge is -2.22. The van der Waals surface area contributed by atoms with Crippen LogP contribution in [0.25, 0.3) is 0 Å². The van der Waals surface area contributed by atoms with Crippen molar-refractivity contribution in [2.45, 2.75) is 13.0 Å². The van der Waals surface area contributed by atoms with Gasteiger partial charge in [0, 0.05) is 12.7 Å². The summed E-state index contributed by atoms with van der Waals surface area (Å²) in [5.74, 6) is -2.62. The third kappa shape index (κ3) is 3.57. The summed E-state index contributed by atoms with van der Waals surface area (Å²) in [6, 6.07) is 15.4. The number of carbonyl (C=O) groups is 4. The standard InChI is InChI=1S/C20H18N2O5/c1-13(19(25)21(2)14-8-4-3-5-9-14)27-17(23)12-22-16-11-7-6-10-15(16)18(24)20(22)26/h3-11,13H,12H2,1-2H3/t13-/m0/s1. The third-order valence-electron chi connectivity index (χ3n) is 4.30. The van der Waals surface area contributed by atoms with Crippen LogP contribution in [0.3, 0.4) is 0 Å². The molecule has 7 heteroatoms. The summed E-state index contributed by atoms with van der Waals surface area (Å²) in [5, 5.41) is 0. The normalized spacial score (nSPS) is 13.9. The van der Waals surface area contributed by atoms with Crippen LogP contribution < -0.4 is 9.80 Å². The Balaban J connectivity index is 1.65. The predicted molar refractivity (Wildman–Crippen MR) is 98.5 cm³/mol. The third-order valence-corrected chi connectivity index (χ3v) is 4.30. The van der Waals surface area contributed by atoms with E-state index in [1.54, 1.807) is 49.5 Å². The van der Waals surface area contributed by atoms with Crippen molar-refractivity contribution in [3.05, 3.63) is 60.2 Å². The van der Waals surface area contributed by atoms with Crippen molar-refractivity contribution in [3.63, 3.8) is 0 Å². The first-order valence-corrected chi connectivity index (χ1v) is 8.37. The van der Waals surface area contributed by atoms with Gasteiger partial charge in [-0.2, -0.15) is 0 Å². The maximum atomic E-state index is 12.4. The number of Topliss-reactive ketones (excluding diaryl/α,β-unsaturated/α-hetero) is 1. The number of hydrogen-bond donors (Lipinski definition) is 0. The quantitative estimate of drug-likeness (QED) is 0.595. The fourth-order valence-corrected chi connectivity index (χ4v) is 2.87. The fourth-order valence-electron chi connectivity index (χ4n) is 2.87. The van der Waals surface area contributed by atoms with E-state index in [1.165, 1.54) is 17.9 Å². The first-order valence-electron chi connectivity index (χ1n) is 8.37. The number of hydrogen-bond acceptors (Lipinski definition) is 5. The Kier molecular flexibility index (Phi) is 5.03. The van der Waals surface area contributed by atoms with Gasteiger partial charge in [-0.3, -0.25) is 24.1 Å². The summed E-state index contributed by atoms with van der Waals surface area (Å²) >= 11 is 0. The Morgan fingerprint density at radius 2 is 1.67 bits per heavy atom. The molecule has 7 nitrogen and oxygen atoms in total. The summed E-state index contributed by atoms with van der Waals surface area (Å²) in [7, 11) is 1.58. The number of fused-ring (bicyclic) bond motifs is 1. The molecular weight excluding hydrogens is 348 g/mol. The number of esters is 1. The molecule has 2 aromatic rings. The summed E-state index contributed by atoms with van der Waals surface area (Å²) in [4.78, 5) is 51.2. The van der Waals surface area contributed by atoms with E-state index in [2.05, 4.69) is 0 Å². The second-order valence-corrected chi connectivity index (χ2v) is 6.10. The van der Waals surface area contributed by atoms with E-state index in [4.69, 9.17) is 4.74 Å².